The molecule has 0 aromatic rings. The molecule has 1 rings (SSSR count). The Labute approximate surface area is 156 Å². The molecule has 1 aliphatic rings. The Balaban J connectivity index is 3.38. The highest BCUT2D eigenvalue weighted by molar-refractivity contribution is 6.23. The molecule has 5 nitrogen and oxygen atoms in total. The van der Waals surface area contributed by atoms with Gasteiger partial charge in [0, 0.05) is 6.42 Å². The third-order valence-corrected chi connectivity index (χ3v) is 4.60. The van der Waals surface area contributed by atoms with Crippen LogP contribution in [0.5, 0.6) is 0 Å². The molecule has 0 aromatic heterocycles. The highest BCUT2D eigenvalue weighted by Crippen LogP contribution is 2.43. The van der Waals surface area contributed by atoms with Crippen LogP contribution in [-0.2, 0) is 9.59 Å². The van der Waals surface area contributed by atoms with Crippen LogP contribution in [0, 0.1) is 11.8 Å². The Morgan fingerprint density at radius 1 is 1.15 bits per heavy atom. The minimum Gasteiger partial charge on any atom is -0.508 e. The highest BCUT2D eigenvalue weighted by atomic mass is 16.4. The van der Waals surface area contributed by atoms with E-state index >= 15 is 0 Å². The average molecular weight is 364 g/mol. The van der Waals surface area contributed by atoms with Gasteiger partial charge in [-0.05, 0) is 46.5 Å². The van der Waals surface area contributed by atoms with Crippen LogP contribution in [0.15, 0.2) is 34.6 Å². The molecule has 3 N–H and O–H groups in total. The zero-order chi connectivity index (χ0) is 20.2. The van der Waals surface area contributed by atoms with Crippen LogP contribution in [0.1, 0.15) is 60.8 Å². The first-order valence-corrected chi connectivity index (χ1v) is 9.11. The number of carbonyl (C=O) groups is 2. The van der Waals surface area contributed by atoms with Gasteiger partial charge in [0.05, 0.1) is 12.0 Å². The first-order chi connectivity index (χ1) is 11.9. The second kappa shape index (κ2) is 8.78. The van der Waals surface area contributed by atoms with E-state index in [0.29, 0.717) is 0 Å². The summed E-state index contributed by atoms with van der Waals surface area (Å²) < 4.78 is 0. The predicted octanol–water partition coefficient (Wildman–Crippen LogP) is 3.42. The van der Waals surface area contributed by atoms with Crippen molar-refractivity contribution in [2.24, 2.45) is 11.8 Å². The molecule has 146 valence electrons. The van der Waals surface area contributed by atoms with Gasteiger partial charge in [0.25, 0.3) is 0 Å². The van der Waals surface area contributed by atoms with E-state index < -0.39 is 34.9 Å². The third-order valence-electron chi connectivity index (χ3n) is 4.60. The van der Waals surface area contributed by atoms with E-state index in [9.17, 15) is 24.9 Å². The fraction of sp³-hybridized carbons (Fsp3) is 0.619. The summed E-state index contributed by atoms with van der Waals surface area (Å²) in [5.41, 5.74) is -0.626. The van der Waals surface area contributed by atoms with E-state index in [1.165, 1.54) is 0 Å². The van der Waals surface area contributed by atoms with Gasteiger partial charge in [-0.3, -0.25) is 9.59 Å². The van der Waals surface area contributed by atoms with E-state index in [1.807, 2.05) is 41.5 Å². The summed E-state index contributed by atoms with van der Waals surface area (Å²) in [5, 5.41) is 32.4. The zero-order valence-corrected chi connectivity index (χ0v) is 16.7. The largest absolute Gasteiger partial charge is 0.508 e. The number of ketones is 2. The summed E-state index contributed by atoms with van der Waals surface area (Å²) in [4.78, 5) is 25.3. The molecule has 0 amide bonds. The minimum absolute atomic E-state index is 0.0103. The van der Waals surface area contributed by atoms with E-state index in [2.05, 4.69) is 0 Å². The number of hydrogen-bond donors (Lipinski definition) is 3. The number of hydrogen-bond acceptors (Lipinski definition) is 5. The van der Waals surface area contributed by atoms with Crippen LogP contribution >= 0.6 is 0 Å². The third kappa shape index (κ3) is 4.71. The summed E-state index contributed by atoms with van der Waals surface area (Å²) in [6.07, 6.45) is 2.43. The molecule has 0 spiro atoms. The fourth-order valence-corrected chi connectivity index (χ4v) is 3.16. The van der Waals surface area contributed by atoms with Crippen molar-refractivity contribution >= 4 is 11.6 Å². The van der Waals surface area contributed by atoms with Crippen LogP contribution in [0.25, 0.3) is 0 Å². The molecule has 0 saturated heterocycles. The minimum atomic E-state index is -2.16. The molecule has 0 bridgehead atoms. The first-order valence-electron chi connectivity index (χ1n) is 9.11. The number of aliphatic hydroxyl groups excluding tert-OH is 2. The zero-order valence-electron chi connectivity index (χ0n) is 16.7. The Kier molecular flexibility index (Phi) is 7.54. The lowest BCUT2D eigenvalue weighted by molar-refractivity contribution is -0.134. The topological polar surface area (TPSA) is 94.8 Å². The average Bonchev–Trinajstić information content (AvgIpc) is 2.69. The Morgan fingerprint density at radius 2 is 1.69 bits per heavy atom. The van der Waals surface area contributed by atoms with Crippen molar-refractivity contribution in [2.75, 3.05) is 0 Å². The van der Waals surface area contributed by atoms with E-state index in [0.717, 1.165) is 11.1 Å². The summed E-state index contributed by atoms with van der Waals surface area (Å²) in [7, 11) is 0. The van der Waals surface area contributed by atoms with E-state index in [1.54, 1.807) is 12.2 Å². The van der Waals surface area contributed by atoms with Gasteiger partial charge < -0.3 is 15.3 Å². The summed E-state index contributed by atoms with van der Waals surface area (Å²) >= 11 is 0. The van der Waals surface area contributed by atoms with Gasteiger partial charge in [-0.2, -0.15) is 0 Å². The molecule has 5 heteroatoms. The van der Waals surface area contributed by atoms with Gasteiger partial charge in [0.2, 0.25) is 0 Å². The number of rotatable bonds is 8. The van der Waals surface area contributed by atoms with Crippen LogP contribution in [0.2, 0.25) is 0 Å². The van der Waals surface area contributed by atoms with Crippen LogP contribution in [-0.4, -0.2) is 38.6 Å². The van der Waals surface area contributed by atoms with Crippen molar-refractivity contribution < 1.29 is 24.9 Å². The number of Topliss-reactive ketones (excluding diaryl/α,β-unsaturated/α-hetero) is 2. The van der Waals surface area contributed by atoms with Gasteiger partial charge in [-0.15, -0.1) is 0 Å². The summed E-state index contributed by atoms with van der Waals surface area (Å²) in [6.45, 7) is 11.1. The molecule has 0 heterocycles. The molecular formula is C21H32O5. The lowest BCUT2D eigenvalue weighted by atomic mass is 9.80. The Bertz CT molecular complexity index is 645. The van der Waals surface area contributed by atoms with Gasteiger partial charge in [0.15, 0.2) is 17.2 Å². The fourth-order valence-electron chi connectivity index (χ4n) is 3.16. The summed E-state index contributed by atoms with van der Waals surface area (Å²) in [6, 6.07) is 0. The molecule has 0 aromatic carbocycles. The van der Waals surface area contributed by atoms with Crippen LogP contribution < -0.4 is 0 Å². The molecule has 26 heavy (non-hydrogen) atoms. The van der Waals surface area contributed by atoms with Crippen molar-refractivity contribution in [3.63, 3.8) is 0 Å². The lowest BCUT2D eigenvalue weighted by Crippen LogP contribution is -2.49. The predicted molar refractivity (Wildman–Crippen MR) is 102 cm³/mol. The number of aliphatic hydroxyl groups is 3. The Morgan fingerprint density at radius 3 is 2.15 bits per heavy atom. The van der Waals surface area contributed by atoms with Crippen molar-refractivity contribution in [3.8, 4) is 0 Å². The Hall–Kier alpha value is -1.72. The molecule has 0 fully saturated rings. The SMILES string of the molecule is CC(C)=CCC(O)C1(O)C(O)=C(C(=O)CC(C)C)C(=O)C1CC=C(C)C. The molecule has 3 unspecified atom stereocenters. The summed E-state index contributed by atoms with van der Waals surface area (Å²) in [5.74, 6) is -2.84. The first kappa shape index (κ1) is 22.3. The van der Waals surface area contributed by atoms with Crippen molar-refractivity contribution in [1.29, 1.82) is 0 Å². The maximum absolute atomic E-state index is 12.9. The lowest BCUT2D eigenvalue weighted by Gasteiger charge is -2.33. The standard InChI is InChI=1S/C21H32O5/c1-12(2)7-9-15-19(24)18(16(22)11-14(5)6)20(25)21(15,26)17(23)10-8-13(3)4/h7-8,14-15,17,23,25-26H,9-11H2,1-6H3. The van der Waals surface area contributed by atoms with Crippen molar-refractivity contribution in [1.82, 2.24) is 0 Å². The van der Waals surface area contributed by atoms with Gasteiger partial charge in [0.1, 0.15) is 11.3 Å². The second-order valence-electron chi connectivity index (χ2n) is 8.04. The molecule has 0 aliphatic heterocycles. The maximum Gasteiger partial charge on any atom is 0.176 e. The van der Waals surface area contributed by atoms with Gasteiger partial charge >= 0.3 is 0 Å². The normalized spacial score (nSPS) is 24.0. The van der Waals surface area contributed by atoms with Crippen LogP contribution in [0.4, 0.5) is 0 Å². The van der Waals surface area contributed by atoms with Gasteiger partial charge in [-0.25, -0.2) is 0 Å². The smallest absolute Gasteiger partial charge is 0.176 e. The maximum atomic E-state index is 12.9. The van der Waals surface area contributed by atoms with E-state index in [4.69, 9.17) is 0 Å². The van der Waals surface area contributed by atoms with Crippen molar-refractivity contribution in [3.05, 3.63) is 34.6 Å². The molecular weight excluding hydrogens is 332 g/mol. The molecule has 0 saturated carbocycles. The van der Waals surface area contributed by atoms with Crippen molar-refractivity contribution in [2.45, 2.75) is 72.5 Å². The number of carbonyl (C=O) groups excluding carboxylic acids is 2. The second-order valence-corrected chi connectivity index (χ2v) is 8.04. The molecule has 0 radical (unpaired) electrons. The van der Waals surface area contributed by atoms with E-state index in [-0.39, 0.29) is 30.8 Å². The highest BCUT2D eigenvalue weighted by Gasteiger charge is 2.58. The van der Waals surface area contributed by atoms with Gasteiger partial charge in [-0.1, -0.05) is 37.1 Å². The number of allylic oxidation sites excluding steroid dienone is 4. The monoisotopic (exact) mass is 364 g/mol. The molecule has 3 atom stereocenters. The quantitative estimate of drug-likeness (QED) is 0.453. The molecule has 1 aliphatic carbocycles. The van der Waals surface area contributed by atoms with Crippen LogP contribution in [0.3, 0.4) is 0 Å².